The van der Waals surface area contributed by atoms with Gasteiger partial charge in [0.05, 0.1) is 11.4 Å². The molecule has 0 radical (unpaired) electrons. The van der Waals surface area contributed by atoms with E-state index in [1.165, 1.54) is 10.9 Å². The molecule has 0 fully saturated rings. The van der Waals surface area contributed by atoms with Crippen LogP contribution in [-0.2, 0) is 20.5 Å². The monoisotopic (exact) mass is 652 g/mol. The van der Waals surface area contributed by atoms with Crippen molar-refractivity contribution in [2.24, 2.45) is 5.73 Å². The molecule has 0 aliphatic rings. The average Bonchev–Trinajstić information content (AvgIpc) is 2.77. The molecule has 0 unspecified atom stereocenters. The van der Waals surface area contributed by atoms with Gasteiger partial charge in [-0.2, -0.15) is 0 Å². The fourth-order valence-electron chi connectivity index (χ4n) is 4.24. The van der Waals surface area contributed by atoms with E-state index in [0.717, 1.165) is 33.6 Å². The second kappa shape index (κ2) is 15.2. The van der Waals surface area contributed by atoms with Gasteiger partial charge in [-0.1, -0.05) is 91.8 Å². The Morgan fingerprint density at radius 3 is 1.23 bits per heavy atom. The predicted molar refractivity (Wildman–Crippen MR) is 153 cm³/mol. The van der Waals surface area contributed by atoms with Gasteiger partial charge in [0.1, 0.15) is 0 Å². The van der Waals surface area contributed by atoms with Crippen molar-refractivity contribution in [3.63, 3.8) is 0 Å². The van der Waals surface area contributed by atoms with Crippen LogP contribution in [0, 0.1) is 0 Å². The van der Waals surface area contributed by atoms with Gasteiger partial charge in [0, 0.05) is 12.8 Å². The summed E-state index contributed by atoms with van der Waals surface area (Å²) in [4.78, 5) is 27.3. The fourth-order valence-corrected chi connectivity index (χ4v) is 4.24. The van der Waals surface area contributed by atoms with Crippen LogP contribution in [0.25, 0.3) is 0 Å². The van der Waals surface area contributed by atoms with Crippen LogP contribution in [0.15, 0.2) is 36.4 Å². The van der Waals surface area contributed by atoms with Crippen LogP contribution in [0.3, 0.4) is 0 Å². The third-order valence-corrected chi connectivity index (χ3v) is 5.97. The van der Waals surface area contributed by atoms with Gasteiger partial charge in [-0.25, -0.2) is 0 Å². The molecular formula is C28H40Br2N2NiO2. The summed E-state index contributed by atoms with van der Waals surface area (Å²) in [6, 6.07) is 12.6. The van der Waals surface area contributed by atoms with Crippen molar-refractivity contribution in [3.05, 3.63) is 58.7 Å². The molecule has 2 amide bonds. The van der Waals surface area contributed by atoms with Gasteiger partial charge >= 0.3 is 39.3 Å². The molecular weight excluding hydrogens is 615 g/mol. The number of amides is 2. The van der Waals surface area contributed by atoms with Gasteiger partial charge in [-0.3, -0.25) is 14.5 Å². The van der Waals surface area contributed by atoms with Crippen molar-refractivity contribution in [2.45, 2.75) is 91.9 Å². The second-order valence-electron chi connectivity index (χ2n) is 9.93. The number of carbonyl (C=O) groups excluding carboxylic acids is 2. The molecule has 198 valence electrons. The first kappa shape index (κ1) is 31.9. The quantitative estimate of drug-likeness (QED) is 0.275. The van der Waals surface area contributed by atoms with Crippen LogP contribution in [-0.4, -0.2) is 11.8 Å². The summed E-state index contributed by atoms with van der Waals surface area (Å²) >= 11 is 6.00. The van der Waals surface area contributed by atoms with Crippen LogP contribution in [0.2, 0.25) is 0 Å². The molecule has 0 spiro atoms. The Kier molecular flexibility index (Phi) is 13.8. The van der Waals surface area contributed by atoms with E-state index in [9.17, 15) is 9.59 Å². The van der Waals surface area contributed by atoms with E-state index in [1.807, 2.05) is 4.90 Å². The summed E-state index contributed by atoms with van der Waals surface area (Å²) in [6.07, 6.45) is 0.125. The molecule has 35 heavy (non-hydrogen) atoms. The van der Waals surface area contributed by atoms with Crippen molar-refractivity contribution in [1.29, 1.82) is 0 Å². The molecule has 7 heteroatoms. The minimum atomic E-state index is -0.458. The summed E-state index contributed by atoms with van der Waals surface area (Å²) in [5, 5.41) is 0. The number of para-hydroxylation sites is 2. The number of nitrogens with zero attached hydrogens (tertiary/aromatic N) is 1. The van der Waals surface area contributed by atoms with Gasteiger partial charge in [0.2, 0.25) is 11.8 Å². The van der Waals surface area contributed by atoms with E-state index in [0.29, 0.717) is 0 Å². The Hall–Kier alpha value is -1.17. The number of primary amides is 1. The Morgan fingerprint density at radius 1 is 0.714 bits per heavy atom. The van der Waals surface area contributed by atoms with Gasteiger partial charge in [-0.15, -0.1) is 0 Å². The molecule has 4 nitrogen and oxygen atoms in total. The maximum atomic E-state index is 13.9. The first-order chi connectivity index (χ1) is 16.4. The molecule has 2 aromatic carbocycles. The van der Waals surface area contributed by atoms with E-state index in [1.54, 1.807) is 0 Å². The molecule has 0 bridgehead atoms. The zero-order valence-corrected chi connectivity index (χ0v) is 26.3. The van der Waals surface area contributed by atoms with Gasteiger partial charge in [0.15, 0.2) is 0 Å². The summed E-state index contributed by atoms with van der Waals surface area (Å²) in [6.45, 7) is 17.3. The van der Waals surface area contributed by atoms with E-state index >= 15 is 0 Å². The van der Waals surface area contributed by atoms with Crippen LogP contribution >= 0.6 is 28.5 Å². The number of carbonyl (C=O) groups is 2. The standard InChI is InChI=1S/C28H40N2O2.2BrH.Ni/c1-17(2)21-11-9-12-22(18(3)4)27(21)30(26(32)16-15-25(29)31)28-23(19(5)6)13-10-14-24(28)20(7)8;;;/h9-14,17-20H,15-16H2,1-8H3,(H2,29,31);2*1H;/q;;;+2/p-2. The van der Waals surface area contributed by atoms with Crippen LogP contribution in [0.1, 0.15) is 114 Å². The first-order valence-corrected chi connectivity index (χ1v) is 17.0. The molecule has 2 N–H and O–H groups in total. The summed E-state index contributed by atoms with van der Waals surface area (Å²) < 4.78 is 0. The molecule has 0 atom stereocenters. The number of nitrogens with two attached hydrogens (primary N) is 1. The molecule has 0 aliphatic carbocycles. The number of hydrogen-bond donors (Lipinski definition) is 1. The van der Waals surface area contributed by atoms with Gasteiger partial charge in [0.25, 0.3) is 0 Å². The fraction of sp³-hybridized carbons (Fsp3) is 0.500. The van der Waals surface area contributed by atoms with Crippen molar-refractivity contribution >= 4 is 51.6 Å². The molecule has 0 saturated carbocycles. The topological polar surface area (TPSA) is 63.4 Å². The molecule has 2 rings (SSSR count). The third kappa shape index (κ3) is 8.72. The number of anilines is 2. The summed E-state index contributed by atoms with van der Waals surface area (Å²) in [5.41, 5.74) is 11.9. The van der Waals surface area contributed by atoms with E-state index in [2.05, 4.69) is 120 Å². The van der Waals surface area contributed by atoms with E-state index in [4.69, 9.17) is 5.73 Å². The number of halogens is 2. The first-order valence-electron chi connectivity index (χ1n) is 12.1. The Labute approximate surface area is 232 Å². The summed E-state index contributed by atoms with van der Waals surface area (Å²) in [7, 11) is 1.25. The Bertz CT molecular complexity index is 875. The molecule has 0 aromatic heterocycles. The number of hydrogen-bond acceptors (Lipinski definition) is 2. The van der Waals surface area contributed by atoms with Gasteiger partial charge in [-0.05, 0) is 45.9 Å². The zero-order valence-electron chi connectivity index (χ0n) is 22.1. The van der Waals surface area contributed by atoms with E-state index in [-0.39, 0.29) is 42.4 Å². The predicted octanol–water partition coefficient (Wildman–Crippen LogP) is 8.80. The average molecular weight is 655 g/mol. The normalized spacial score (nSPS) is 11.3. The Morgan fingerprint density at radius 2 is 1.00 bits per heavy atom. The van der Waals surface area contributed by atoms with Crippen LogP contribution in [0.4, 0.5) is 11.4 Å². The Balaban J connectivity index is 0.00000194. The van der Waals surface area contributed by atoms with Crippen LogP contribution < -0.4 is 10.6 Å². The molecule has 0 heterocycles. The van der Waals surface area contributed by atoms with Crippen molar-refractivity contribution in [2.75, 3.05) is 4.90 Å². The molecule has 2 aromatic rings. The molecule has 0 saturated heterocycles. The van der Waals surface area contributed by atoms with Gasteiger partial charge < -0.3 is 5.73 Å². The van der Waals surface area contributed by atoms with Crippen LogP contribution in [0.5, 0.6) is 0 Å². The number of rotatable bonds is 9. The van der Waals surface area contributed by atoms with Crippen molar-refractivity contribution < 1.29 is 20.5 Å². The SMILES string of the molecule is CC(C)c1cccc(C(C)C)c1N(C(=O)CCC(N)=O)c1c(C(C)C)cccc1C(C)C.[Br][Ni][Br]. The zero-order chi connectivity index (χ0) is 26.9. The third-order valence-electron chi connectivity index (χ3n) is 5.97. The minimum absolute atomic E-state index is 0.0387. The van der Waals surface area contributed by atoms with E-state index < -0.39 is 5.91 Å². The maximum absolute atomic E-state index is 13.9. The molecule has 0 aliphatic heterocycles. The second-order valence-corrected chi connectivity index (χ2v) is 14.9. The van der Waals surface area contributed by atoms with Crippen molar-refractivity contribution in [3.8, 4) is 0 Å². The number of benzene rings is 2. The summed E-state index contributed by atoms with van der Waals surface area (Å²) in [5.74, 6) is 0.412. The van der Waals surface area contributed by atoms with Crippen molar-refractivity contribution in [1.82, 2.24) is 0 Å².